The Kier molecular flexibility index (Phi) is 4.28. The van der Waals surface area contributed by atoms with Gasteiger partial charge in [0.1, 0.15) is 5.75 Å². The Hall–Kier alpha value is -3.75. The van der Waals surface area contributed by atoms with Crippen molar-refractivity contribution >= 4 is 33.8 Å². The fourth-order valence-corrected chi connectivity index (χ4v) is 4.20. The van der Waals surface area contributed by atoms with Crippen molar-refractivity contribution < 1.29 is 9.13 Å². The van der Waals surface area contributed by atoms with Crippen LogP contribution in [0.4, 0.5) is 4.39 Å². The second-order valence-electron chi connectivity index (χ2n) is 7.67. The minimum Gasteiger partial charge on any atom is -0.496 e. The molecule has 0 radical (unpaired) electrons. The molecule has 0 aliphatic carbocycles. The van der Waals surface area contributed by atoms with E-state index in [0.29, 0.717) is 33.6 Å². The number of rotatable bonds is 3. The van der Waals surface area contributed by atoms with E-state index in [2.05, 4.69) is 15.1 Å². The molecule has 3 aromatic heterocycles. The lowest BCUT2D eigenvalue weighted by molar-refractivity contribution is 0.407. The van der Waals surface area contributed by atoms with E-state index in [1.54, 1.807) is 44.4 Å². The number of allylic oxidation sites excluding steroid dienone is 1. The summed E-state index contributed by atoms with van der Waals surface area (Å²) in [6.07, 6.45) is 5.52. The molecule has 4 aromatic rings. The number of imidazole rings is 1. The van der Waals surface area contributed by atoms with E-state index < -0.39 is 6.17 Å². The Balaban J connectivity index is 1.93. The smallest absolute Gasteiger partial charge is 0.333 e. The molecule has 1 aromatic carbocycles. The molecule has 1 atom stereocenters. The van der Waals surface area contributed by atoms with Gasteiger partial charge in [-0.15, -0.1) is 0 Å². The lowest BCUT2D eigenvalue weighted by atomic mass is 10.0. The predicted octanol–water partition coefficient (Wildman–Crippen LogP) is 2.95. The molecule has 0 bridgehead atoms. The van der Waals surface area contributed by atoms with Gasteiger partial charge in [0.25, 0.3) is 0 Å². The highest BCUT2D eigenvalue weighted by Crippen LogP contribution is 2.37. The summed E-state index contributed by atoms with van der Waals surface area (Å²) >= 11 is 0. The maximum atomic E-state index is 15.0. The highest BCUT2D eigenvalue weighted by Gasteiger charge is 2.26. The lowest BCUT2D eigenvalue weighted by Crippen LogP contribution is -2.28. The molecule has 1 aliphatic rings. The molecular weight excluding hydrogens is 399 g/mol. The van der Waals surface area contributed by atoms with Crippen molar-refractivity contribution in [1.82, 2.24) is 23.9 Å². The van der Waals surface area contributed by atoms with Gasteiger partial charge in [0.15, 0.2) is 6.17 Å². The topological polar surface area (TPSA) is 79.2 Å². The number of aryl methyl sites for hydroxylation is 2. The van der Waals surface area contributed by atoms with E-state index in [-0.39, 0.29) is 12.2 Å². The first kappa shape index (κ1) is 19.2. The molecule has 0 spiro atoms. The number of ether oxygens (including phenoxy) is 1. The zero-order chi connectivity index (χ0) is 21.9. The number of aliphatic imine (C=N–C) groups is 1. The average molecular weight is 420 g/mol. The first-order valence-corrected chi connectivity index (χ1v) is 9.83. The van der Waals surface area contributed by atoms with Crippen molar-refractivity contribution in [2.75, 3.05) is 13.7 Å². The monoisotopic (exact) mass is 420 g/mol. The molecule has 0 amide bonds. The highest BCUT2D eigenvalue weighted by atomic mass is 19.1. The number of benzene rings is 1. The van der Waals surface area contributed by atoms with Crippen LogP contribution in [0.2, 0.25) is 0 Å². The molecule has 8 nitrogen and oxygen atoms in total. The summed E-state index contributed by atoms with van der Waals surface area (Å²) in [6, 6.07) is 3.76. The molecule has 1 aliphatic heterocycles. The van der Waals surface area contributed by atoms with Crippen molar-refractivity contribution in [2.24, 2.45) is 19.1 Å². The Morgan fingerprint density at radius 1 is 1.23 bits per heavy atom. The number of dihydropyridines is 1. The maximum absolute atomic E-state index is 15.0. The van der Waals surface area contributed by atoms with E-state index in [1.807, 2.05) is 25.4 Å². The average Bonchev–Trinajstić information content (AvgIpc) is 3.29. The number of hydrogen-bond acceptors (Lipinski definition) is 5. The third kappa shape index (κ3) is 2.80. The first-order chi connectivity index (χ1) is 14.9. The Bertz CT molecular complexity index is 1470. The van der Waals surface area contributed by atoms with Crippen LogP contribution in [0.5, 0.6) is 5.75 Å². The number of methoxy groups -OCH3 is 1. The fourth-order valence-electron chi connectivity index (χ4n) is 4.20. The fraction of sp³-hybridized carbons (Fsp3) is 0.273. The number of nitrogens with zero attached hydrogens (tertiary/aromatic N) is 6. The van der Waals surface area contributed by atoms with E-state index in [1.165, 1.54) is 9.13 Å². The Labute approximate surface area is 176 Å². The van der Waals surface area contributed by atoms with Gasteiger partial charge < -0.3 is 4.74 Å². The zero-order valence-electron chi connectivity index (χ0n) is 17.6. The van der Waals surface area contributed by atoms with Gasteiger partial charge in [-0.2, -0.15) is 5.10 Å². The maximum Gasteiger partial charge on any atom is 0.333 e. The van der Waals surface area contributed by atoms with Crippen molar-refractivity contribution in [3.8, 4) is 16.9 Å². The van der Waals surface area contributed by atoms with E-state index in [0.717, 1.165) is 16.5 Å². The van der Waals surface area contributed by atoms with Crippen LogP contribution in [-0.2, 0) is 14.1 Å². The number of aromatic nitrogens is 5. The molecule has 0 N–H and O–H groups in total. The molecule has 158 valence electrons. The number of pyridine rings is 1. The lowest BCUT2D eigenvalue weighted by Gasteiger charge is -2.19. The van der Waals surface area contributed by atoms with Gasteiger partial charge in [0.2, 0.25) is 0 Å². The SMILES string of the molecule is COc1cc2ncc3c(c2cc1-c1cnn(C)c1)n(C1=C(C)C=NCC1F)c(=O)n3C. The molecule has 31 heavy (non-hydrogen) atoms. The summed E-state index contributed by atoms with van der Waals surface area (Å²) in [7, 11) is 5.11. The molecule has 0 saturated heterocycles. The molecule has 9 heteroatoms. The van der Waals surface area contributed by atoms with Crippen LogP contribution in [0.25, 0.3) is 38.8 Å². The van der Waals surface area contributed by atoms with Crippen LogP contribution in [0.1, 0.15) is 6.92 Å². The molecule has 4 heterocycles. The second kappa shape index (κ2) is 6.90. The number of halogens is 1. The van der Waals surface area contributed by atoms with Crippen LogP contribution in [-0.4, -0.2) is 49.9 Å². The third-order valence-corrected chi connectivity index (χ3v) is 5.71. The standard InChI is InChI=1S/C22H21FN6O2/c1-12-7-24-9-16(23)20(12)29-21-15-5-14(13-8-26-27(2)11-13)19(31-4)6-17(15)25-10-18(21)28(3)22(29)30/h5-8,10-11,16H,9H2,1-4H3. The van der Waals surface area contributed by atoms with Crippen LogP contribution in [0, 0.1) is 0 Å². The summed E-state index contributed by atoms with van der Waals surface area (Å²) < 4.78 is 25.2. The van der Waals surface area contributed by atoms with E-state index >= 15 is 0 Å². The highest BCUT2D eigenvalue weighted by molar-refractivity contribution is 6.07. The van der Waals surface area contributed by atoms with E-state index in [9.17, 15) is 9.18 Å². The van der Waals surface area contributed by atoms with Gasteiger partial charge >= 0.3 is 5.69 Å². The number of fused-ring (bicyclic) bond motifs is 3. The number of alkyl halides is 1. The van der Waals surface area contributed by atoms with Gasteiger partial charge in [-0.1, -0.05) is 0 Å². The van der Waals surface area contributed by atoms with Crippen molar-refractivity contribution in [1.29, 1.82) is 0 Å². The second-order valence-corrected chi connectivity index (χ2v) is 7.67. The van der Waals surface area contributed by atoms with Crippen molar-refractivity contribution in [3.05, 3.63) is 46.8 Å². The van der Waals surface area contributed by atoms with Gasteiger partial charge in [-0.05, 0) is 18.6 Å². The summed E-state index contributed by atoms with van der Waals surface area (Å²) in [5.41, 5.74) is 4.17. The molecule has 5 rings (SSSR count). The van der Waals surface area contributed by atoms with Gasteiger partial charge in [0, 0.05) is 49.1 Å². The minimum absolute atomic E-state index is 0.00667. The van der Waals surface area contributed by atoms with Crippen LogP contribution >= 0.6 is 0 Å². The van der Waals surface area contributed by atoms with Crippen LogP contribution in [0.15, 0.2) is 46.1 Å². The predicted molar refractivity (Wildman–Crippen MR) is 118 cm³/mol. The Morgan fingerprint density at radius 3 is 2.71 bits per heavy atom. The normalized spacial score (nSPS) is 16.6. The first-order valence-electron chi connectivity index (χ1n) is 9.83. The van der Waals surface area contributed by atoms with Gasteiger partial charge in [-0.25, -0.2) is 9.18 Å². The Morgan fingerprint density at radius 2 is 2.03 bits per heavy atom. The summed E-state index contributed by atoms with van der Waals surface area (Å²) in [6.45, 7) is 1.76. The quantitative estimate of drug-likeness (QED) is 0.511. The van der Waals surface area contributed by atoms with Gasteiger partial charge in [0.05, 0.1) is 48.3 Å². The molecular formula is C22H21FN6O2. The van der Waals surface area contributed by atoms with E-state index in [4.69, 9.17) is 4.74 Å². The third-order valence-electron chi connectivity index (χ3n) is 5.71. The molecule has 0 saturated carbocycles. The van der Waals surface area contributed by atoms with Crippen molar-refractivity contribution in [2.45, 2.75) is 13.1 Å². The zero-order valence-corrected chi connectivity index (χ0v) is 17.6. The van der Waals surface area contributed by atoms with Crippen molar-refractivity contribution in [3.63, 3.8) is 0 Å². The minimum atomic E-state index is -1.37. The summed E-state index contributed by atoms with van der Waals surface area (Å²) in [5.74, 6) is 0.640. The molecule has 1 unspecified atom stereocenters. The van der Waals surface area contributed by atoms with Crippen LogP contribution in [0.3, 0.4) is 0 Å². The summed E-state index contributed by atoms with van der Waals surface area (Å²) in [5, 5.41) is 4.98. The number of hydrogen-bond donors (Lipinski definition) is 0. The molecule has 0 fully saturated rings. The van der Waals surface area contributed by atoms with Crippen LogP contribution < -0.4 is 10.4 Å². The van der Waals surface area contributed by atoms with Gasteiger partial charge in [-0.3, -0.25) is 23.8 Å². The largest absolute Gasteiger partial charge is 0.496 e. The summed E-state index contributed by atoms with van der Waals surface area (Å²) in [4.78, 5) is 21.8.